The van der Waals surface area contributed by atoms with Gasteiger partial charge in [-0.05, 0) is 12.1 Å². The first kappa shape index (κ1) is 13.6. The minimum Gasteiger partial charge on any atom is -0.394 e. The van der Waals surface area contributed by atoms with Gasteiger partial charge >= 0.3 is 0 Å². The van der Waals surface area contributed by atoms with Gasteiger partial charge in [-0.3, -0.25) is 4.68 Å². The average molecular weight is 283 g/mol. The number of sulfonamides is 1. The van der Waals surface area contributed by atoms with Crippen LogP contribution in [0.1, 0.15) is 5.69 Å². The van der Waals surface area contributed by atoms with Gasteiger partial charge in [0.1, 0.15) is 4.90 Å². The van der Waals surface area contributed by atoms with Crippen molar-refractivity contribution in [1.82, 2.24) is 24.7 Å². The Morgan fingerprint density at radius 2 is 2.26 bits per heavy atom. The van der Waals surface area contributed by atoms with Crippen molar-refractivity contribution in [3.8, 4) is 0 Å². The first-order chi connectivity index (χ1) is 9.12. The molecule has 0 fully saturated rings. The van der Waals surface area contributed by atoms with E-state index in [1.165, 1.54) is 23.3 Å². The third-order valence-corrected chi connectivity index (χ3v) is 3.68. The molecule has 0 amide bonds. The van der Waals surface area contributed by atoms with E-state index in [4.69, 9.17) is 5.11 Å². The van der Waals surface area contributed by atoms with Crippen molar-refractivity contribution < 1.29 is 13.5 Å². The highest BCUT2D eigenvalue weighted by Crippen LogP contribution is 2.07. The highest BCUT2D eigenvalue weighted by atomic mass is 32.2. The first-order valence-electron chi connectivity index (χ1n) is 5.51. The molecule has 0 aliphatic heterocycles. The number of aliphatic hydroxyl groups excluding tert-OH is 1. The summed E-state index contributed by atoms with van der Waals surface area (Å²) in [5.41, 5.74) is 0.522. The Morgan fingerprint density at radius 3 is 2.95 bits per heavy atom. The number of aromatic nitrogens is 4. The molecule has 2 aromatic rings. The second kappa shape index (κ2) is 5.87. The minimum absolute atomic E-state index is 0.0461. The molecule has 2 heterocycles. The average Bonchev–Trinajstić information content (AvgIpc) is 2.88. The molecule has 2 aromatic heterocycles. The zero-order valence-corrected chi connectivity index (χ0v) is 10.8. The van der Waals surface area contributed by atoms with Crippen LogP contribution in [0.2, 0.25) is 0 Å². The molecule has 9 heteroatoms. The Hall–Kier alpha value is -1.84. The molecule has 19 heavy (non-hydrogen) atoms. The third kappa shape index (κ3) is 3.56. The van der Waals surface area contributed by atoms with Crippen molar-refractivity contribution in [1.29, 1.82) is 0 Å². The molecule has 0 radical (unpaired) electrons. The van der Waals surface area contributed by atoms with Gasteiger partial charge in [0.25, 0.3) is 0 Å². The lowest BCUT2D eigenvalue weighted by atomic mass is 10.4. The molecule has 0 saturated heterocycles. The van der Waals surface area contributed by atoms with Crippen molar-refractivity contribution in [2.75, 3.05) is 6.61 Å². The van der Waals surface area contributed by atoms with E-state index in [0.717, 1.165) is 0 Å². The lowest BCUT2D eigenvalue weighted by Crippen LogP contribution is -2.23. The Kier molecular flexibility index (Phi) is 4.20. The van der Waals surface area contributed by atoms with Crippen LogP contribution in [0.3, 0.4) is 0 Å². The van der Waals surface area contributed by atoms with Crippen LogP contribution in [0.15, 0.2) is 35.6 Å². The molecule has 0 aliphatic carbocycles. The highest BCUT2D eigenvalue weighted by Gasteiger charge is 2.16. The van der Waals surface area contributed by atoms with Crippen molar-refractivity contribution in [2.45, 2.75) is 18.0 Å². The fraction of sp³-hybridized carbons (Fsp3) is 0.300. The topological polar surface area (TPSA) is 110 Å². The molecule has 0 spiro atoms. The molecule has 0 aliphatic rings. The van der Waals surface area contributed by atoms with Gasteiger partial charge in [-0.1, -0.05) is 0 Å². The van der Waals surface area contributed by atoms with Crippen LogP contribution in [0.5, 0.6) is 0 Å². The van der Waals surface area contributed by atoms with Crippen molar-refractivity contribution >= 4 is 10.0 Å². The summed E-state index contributed by atoms with van der Waals surface area (Å²) in [7, 11) is -3.64. The van der Waals surface area contributed by atoms with Crippen LogP contribution in [-0.4, -0.2) is 40.1 Å². The summed E-state index contributed by atoms with van der Waals surface area (Å²) >= 11 is 0. The number of aliphatic hydroxyl groups is 1. The van der Waals surface area contributed by atoms with Gasteiger partial charge < -0.3 is 5.11 Å². The van der Waals surface area contributed by atoms with Gasteiger partial charge in [0.2, 0.25) is 10.0 Å². The summed E-state index contributed by atoms with van der Waals surface area (Å²) in [5, 5.41) is 20.0. The number of nitrogens with one attached hydrogen (secondary N) is 1. The first-order valence-corrected chi connectivity index (χ1v) is 7.00. The van der Waals surface area contributed by atoms with Crippen LogP contribution in [-0.2, 0) is 23.1 Å². The molecule has 0 saturated carbocycles. The third-order valence-electron chi connectivity index (χ3n) is 2.32. The maximum Gasteiger partial charge on any atom is 0.244 e. The van der Waals surface area contributed by atoms with E-state index < -0.39 is 10.0 Å². The van der Waals surface area contributed by atoms with Gasteiger partial charge in [-0.25, -0.2) is 13.1 Å². The highest BCUT2D eigenvalue weighted by molar-refractivity contribution is 7.89. The summed E-state index contributed by atoms with van der Waals surface area (Å²) < 4.78 is 27.7. The van der Waals surface area contributed by atoms with Crippen LogP contribution < -0.4 is 4.72 Å². The van der Waals surface area contributed by atoms with Gasteiger partial charge in [0.05, 0.1) is 31.6 Å². The number of hydrogen-bond acceptors (Lipinski definition) is 6. The predicted octanol–water partition coefficient (Wildman–Crippen LogP) is -0.856. The SMILES string of the molecule is O=S(=O)(NCc1cccnn1)c1cnn(CCO)c1. The summed E-state index contributed by atoms with van der Waals surface area (Å²) in [6.07, 6.45) is 4.10. The molecule has 2 rings (SSSR count). The molecule has 0 bridgehead atoms. The summed E-state index contributed by atoms with van der Waals surface area (Å²) in [4.78, 5) is 0.0461. The van der Waals surface area contributed by atoms with Crippen molar-refractivity contribution in [3.05, 3.63) is 36.4 Å². The number of hydrogen-bond donors (Lipinski definition) is 2. The van der Waals surface area contributed by atoms with Crippen molar-refractivity contribution in [3.63, 3.8) is 0 Å². The fourth-order valence-electron chi connectivity index (χ4n) is 1.39. The standard InChI is InChI=1S/C10H13N5O3S/c16-5-4-15-8-10(7-12-15)19(17,18)13-6-9-2-1-3-11-14-9/h1-3,7-8,13,16H,4-6H2. The van der Waals surface area contributed by atoms with E-state index in [9.17, 15) is 8.42 Å². The maximum absolute atomic E-state index is 11.9. The van der Waals surface area contributed by atoms with Crippen LogP contribution in [0.25, 0.3) is 0 Å². The molecule has 0 unspecified atom stereocenters. The van der Waals surface area contributed by atoms with E-state index in [2.05, 4.69) is 20.0 Å². The minimum atomic E-state index is -3.64. The summed E-state index contributed by atoms with van der Waals surface area (Å²) in [6, 6.07) is 3.35. The zero-order chi connectivity index (χ0) is 13.7. The summed E-state index contributed by atoms with van der Waals surface area (Å²) in [5.74, 6) is 0. The lowest BCUT2D eigenvalue weighted by Gasteiger charge is -2.03. The van der Waals surface area contributed by atoms with Crippen LogP contribution in [0.4, 0.5) is 0 Å². The van der Waals surface area contributed by atoms with Gasteiger partial charge in [0.15, 0.2) is 0 Å². The number of nitrogens with zero attached hydrogens (tertiary/aromatic N) is 4. The molecular weight excluding hydrogens is 270 g/mol. The van der Waals surface area contributed by atoms with E-state index in [-0.39, 0.29) is 24.6 Å². The Morgan fingerprint density at radius 1 is 1.42 bits per heavy atom. The lowest BCUT2D eigenvalue weighted by molar-refractivity contribution is 0.269. The van der Waals surface area contributed by atoms with E-state index >= 15 is 0 Å². The van der Waals surface area contributed by atoms with E-state index in [1.54, 1.807) is 12.1 Å². The largest absolute Gasteiger partial charge is 0.394 e. The number of rotatable bonds is 6. The molecule has 2 N–H and O–H groups in total. The molecule has 102 valence electrons. The Labute approximate surface area is 110 Å². The maximum atomic E-state index is 11.9. The molecular formula is C10H13N5O3S. The van der Waals surface area contributed by atoms with Crippen molar-refractivity contribution in [2.24, 2.45) is 0 Å². The van der Waals surface area contributed by atoms with Gasteiger partial charge in [0, 0.05) is 12.4 Å². The second-order valence-corrected chi connectivity index (χ2v) is 5.47. The Bertz CT molecular complexity index is 626. The normalized spacial score (nSPS) is 11.6. The fourth-order valence-corrected chi connectivity index (χ4v) is 2.34. The Balaban J connectivity index is 2.05. The molecule has 0 aromatic carbocycles. The smallest absolute Gasteiger partial charge is 0.244 e. The zero-order valence-electron chi connectivity index (χ0n) is 9.97. The molecule has 0 atom stereocenters. The second-order valence-electron chi connectivity index (χ2n) is 3.70. The van der Waals surface area contributed by atoms with Gasteiger partial charge in [-0.2, -0.15) is 15.3 Å². The van der Waals surface area contributed by atoms with Crippen LogP contribution >= 0.6 is 0 Å². The predicted molar refractivity (Wildman–Crippen MR) is 65.4 cm³/mol. The van der Waals surface area contributed by atoms with Crippen LogP contribution in [0, 0.1) is 0 Å². The van der Waals surface area contributed by atoms with E-state index in [0.29, 0.717) is 5.69 Å². The van der Waals surface area contributed by atoms with E-state index in [1.807, 2.05) is 0 Å². The summed E-state index contributed by atoms with van der Waals surface area (Å²) in [6.45, 7) is 0.204. The molecule has 8 nitrogen and oxygen atoms in total. The van der Waals surface area contributed by atoms with Gasteiger partial charge in [-0.15, -0.1) is 0 Å². The quantitative estimate of drug-likeness (QED) is 0.714. The monoisotopic (exact) mass is 283 g/mol.